The second-order valence-corrected chi connectivity index (χ2v) is 5.57. The molecule has 0 aromatic heterocycles. The number of halogens is 2. The van der Waals surface area contributed by atoms with E-state index in [1.54, 1.807) is 20.8 Å². The van der Waals surface area contributed by atoms with E-state index in [0.717, 1.165) is 12.1 Å². The zero-order valence-electron chi connectivity index (χ0n) is 10.9. The van der Waals surface area contributed by atoms with Crippen LogP contribution < -0.4 is 5.32 Å². The molecule has 0 aliphatic heterocycles. The number of amides is 1. The minimum absolute atomic E-state index is 0.0828. The van der Waals surface area contributed by atoms with Crippen LogP contribution in [0.3, 0.4) is 0 Å². The third-order valence-corrected chi connectivity index (χ3v) is 2.80. The molecule has 0 heterocycles. The maximum absolute atomic E-state index is 13.6. The Hall–Kier alpha value is -1.62. The zero-order valence-corrected chi connectivity index (χ0v) is 11.6. The van der Waals surface area contributed by atoms with E-state index >= 15 is 0 Å². The molecule has 0 fully saturated rings. The largest absolute Gasteiger partial charge is 0.478 e. The van der Waals surface area contributed by atoms with Crippen LogP contribution >= 0.6 is 11.6 Å². The molecule has 4 nitrogen and oxygen atoms in total. The number of aromatic carboxylic acids is 1. The van der Waals surface area contributed by atoms with Crippen LogP contribution in [0.1, 0.15) is 36.7 Å². The van der Waals surface area contributed by atoms with Crippen LogP contribution in [-0.2, 0) is 11.3 Å². The molecular weight excluding hydrogens is 273 g/mol. The van der Waals surface area contributed by atoms with Crippen LogP contribution in [0.2, 0.25) is 5.02 Å². The van der Waals surface area contributed by atoms with Crippen molar-refractivity contribution in [1.82, 2.24) is 5.32 Å². The van der Waals surface area contributed by atoms with Crippen molar-refractivity contribution in [3.8, 4) is 0 Å². The molecule has 0 saturated carbocycles. The van der Waals surface area contributed by atoms with E-state index < -0.39 is 17.2 Å². The number of nitrogens with one attached hydrogen (secondary N) is 1. The van der Waals surface area contributed by atoms with Gasteiger partial charge in [0.2, 0.25) is 5.91 Å². The average molecular weight is 288 g/mol. The standard InChI is InChI=1S/C13H15ClFNO3/c1-13(2,3)12(19)16-6-7-4-8(11(17)18)9(14)5-10(7)15/h4-5H,6H2,1-3H3,(H,16,19)(H,17,18). The van der Waals surface area contributed by atoms with Gasteiger partial charge in [-0.1, -0.05) is 32.4 Å². The van der Waals surface area contributed by atoms with E-state index in [0.29, 0.717) is 0 Å². The van der Waals surface area contributed by atoms with Crippen molar-refractivity contribution in [2.75, 3.05) is 0 Å². The first-order chi connectivity index (χ1) is 8.62. The maximum atomic E-state index is 13.6. The third kappa shape index (κ3) is 3.92. The van der Waals surface area contributed by atoms with Gasteiger partial charge in [0.1, 0.15) is 5.82 Å². The lowest BCUT2D eigenvalue weighted by Crippen LogP contribution is -2.34. The lowest BCUT2D eigenvalue weighted by atomic mass is 9.95. The van der Waals surface area contributed by atoms with Gasteiger partial charge in [-0.05, 0) is 12.1 Å². The van der Waals surface area contributed by atoms with E-state index in [4.69, 9.17) is 16.7 Å². The molecule has 104 valence electrons. The minimum atomic E-state index is -1.24. The second kappa shape index (κ2) is 5.57. The molecule has 0 bridgehead atoms. The highest BCUT2D eigenvalue weighted by Gasteiger charge is 2.21. The molecule has 0 aliphatic carbocycles. The van der Waals surface area contributed by atoms with Crippen molar-refractivity contribution in [2.24, 2.45) is 5.41 Å². The topological polar surface area (TPSA) is 66.4 Å². The van der Waals surface area contributed by atoms with Crippen LogP contribution in [-0.4, -0.2) is 17.0 Å². The van der Waals surface area contributed by atoms with Crippen LogP contribution in [0.25, 0.3) is 0 Å². The van der Waals surface area contributed by atoms with E-state index in [-0.39, 0.29) is 28.6 Å². The molecule has 0 saturated heterocycles. The Balaban J connectivity index is 2.93. The van der Waals surface area contributed by atoms with E-state index in [1.165, 1.54) is 0 Å². The fraction of sp³-hybridized carbons (Fsp3) is 0.385. The van der Waals surface area contributed by atoms with Crippen molar-refractivity contribution >= 4 is 23.5 Å². The highest BCUT2D eigenvalue weighted by Crippen LogP contribution is 2.21. The first kappa shape index (κ1) is 15.4. The van der Waals surface area contributed by atoms with Crippen molar-refractivity contribution < 1.29 is 19.1 Å². The number of benzene rings is 1. The Morgan fingerprint density at radius 3 is 2.42 bits per heavy atom. The minimum Gasteiger partial charge on any atom is -0.478 e. The summed E-state index contributed by atoms with van der Waals surface area (Å²) < 4.78 is 13.6. The summed E-state index contributed by atoms with van der Waals surface area (Å²) in [5.74, 6) is -2.14. The van der Waals surface area contributed by atoms with Gasteiger partial charge in [0.15, 0.2) is 0 Å². The van der Waals surface area contributed by atoms with Gasteiger partial charge in [0.05, 0.1) is 10.6 Å². The number of rotatable bonds is 3. The number of carboxylic acid groups (broad SMARTS) is 1. The van der Waals surface area contributed by atoms with Crippen LogP contribution in [0.15, 0.2) is 12.1 Å². The molecule has 0 atom stereocenters. The molecule has 1 rings (SSSR count). The number of carboxylic acids is 1. The number of carbonyl (C=O) groups excluding carboxylic acids is 1. The second-order valence-electron chi connectivity index (χ2n) is 5.16. The summed E-state index contributed by atoms with van der Waals surface area (Å²) in [7, 11) is 0. The number of hydrogen-bond donors (Lipinski definition) is 2. The lowest BCUT2D eigenvalue weighted by molar-refractivity contribution is -0.128. The summed E-state index contributed by atoms with van der Waals surface area (Å²) in [6.45, 7) is 5.09. The molecule has 1 aromatic carbocycles. The Morgan fingerprint density at radius 2 is 1.95 bits per heavy atom. The van der Waals surface area contributed by atoms with Crippen LogP contribution in [0, 0.1) is 11.2 Å². The van der Waals surface area contributed by atoms with Gasteiger partial charge in [-0.2, -0.15) is 0 Å². The Kier molecular flexibility index (Phi) is 4.52. The average Bonchev–Trinajstić information content (AvgIpc) is 2.25. The fourth-order valence-electron chi connectivity index (χ4n) is 1.33. The Morgan fingerprint density at radius 1 is 1.37 bits per heavy atom. The maximum Gasteiger partial charge on any atom is 0.337 e. The number of carbonyl (C=O) groups is 2. The highest BCUT2D eigenvalue weighted by molar-refractivity contribution is 6.33. The van der Waals surface area contributed by atoms with E-state index in [2.05, 4.69) is 5.32 Å². The molecule has 19 heavy (non-hydrogen) atoms. The zero-order chi connectivity index (χ0) is 14.8. The van der Waals surface area contributed by atoms with Crippen LogP contribution in [0.5, 0.6) is 0 Å². The lowest BCUT2D eigenvalue weighted by Gasteiger charge is -2.18. The smallest absolute Gasteiger partial charge is 0.337 e. The Labute approximate surface area is 115 Å². The normalized spacial score (nSPS) is 11.2. The predicted molar refractivity (Wildman–Crippen MR) is 69.7 cm³/mol. The van der Waals surface area contributed by atoms with E-state index in [9.17, 15) is 14.0 Å². The van der Waals surface area contributed by atoms with Gasteiger partial charge < -0.3 is 10.4 Å². The molecule has 1 aromatic rings. The molecule has 0 radical (unpaired) electrons. The molecule has 0 spiro atoms. The molecule has 0 aliphatic rings. The number of hydrogen-bond acceptors (Lipinski definition) is 2. The molecule has 0 unspecified atom stereocenters. The molecule has 2 N–H and O–H groups in total. The van der Waals surface area contributed by atoms with Crippen molar-refractivity contribution in [2.45, 2.75) is 27.3 Å². The van der Waals surface area contributed by atoms with Crippen molar-refractivity contribution in [3.05, 3.63) is 34.1 Å². The van der Waals surface area contributed by atoms with Crippen LogP contribution in [0.4, 0.5) is 4.39 Å². The van der Waals surface area contributed by atoms with Gasteiger partial charge in [-0.25, -0.2) is 9.18 Å². The molecule has 6 heteroatoms. The van der Waals surface area contributed by atoms with Gasteiger partial charge in [0.25, 0.3) is 0 Å². The highest BCUT2D eigenvalue weighted by atomic mass is 35.5. The quantitative estimate of drug-likeness (QED) is 0.898. The third-order valence-electron chi connectivity index (χ3n) is 2.49. The summed E-state index contributed by atoms with van der Waals surface area (Å²) in [5, 5.41) is 11.3. The summed E-state index contributed by atoms with van der Waals surface area (Å²) in [6.07, 6.45) is 0. The van der Waals surface area contributed by atoms with Gasteiger partial charge in [-0.3, -0.25) is 4.79 Å². The SMILES string of the molecule is CC(C)(C)C(=O)NCc1cc(C(=O)O)c(Cl)cc1F. The van der Waals surface area contributed by atoms with Gasteiger partial charge in [-0.15, -0.1) is 0 Å². The van der Waals surface area contributed by atoms with Crippen molar-refractivity contribution in [3.63, 3.8) is 0 Å². The Bertz CT molecular complexity index is 523. The summed E-state index contributed by atoms with van der Waals surface area (Å²) in [6, 6.07) is 2.06. The summed E-state index contributed by atoms with van der Waals surface area (Å²) >= 11 is 5.62. The van der Waals surface area contributed by atoms with E-state index in [1.807, 2.05) is 0 Å². The first-order valence-corrected chi connectivity index (χ1v) is 6.00. The summed E-state index contributed by atoms with van der Waals surface area (Å²) in [5.41, 5.74) is -0.708. The summed E-state index contributed by atoms with van der Waals surface area (Å²) in [4.78, 5) is 22.5. The molecule has 1 amide bonds. The van der Waals surface area contributed by atoms with Gasteiger partial charge in [0, 0.05) is 17.5 Å². The molecular formula is C13H15ClFNO3. The first-order valence-electron chi connectivity index (χ1n) is 5.62. The monoisotopic (exact) mass is 287 g/mol. The predicted octanol–water partition coefficient (Wildman–Crippen LogP) is 2.84. The fourth-order valence-corrected chi connectivity index (χ4v) is 1.57. The van der Waals surface area contributed by atoms with Gasteiger partial charge >= 0.3 is 5.97 Å². The van der Waals surface area contributed by atoms with Crippen molar-refractivity contribution in [1.29, 1.82) is 0 Å².